The van der Waals surface area contributed by atoms with Crippen LogP contribution in [0.5, 0.6) is 0 Å². The third-order valence-corrected chi connectivity index (χ3v) is 5.47. The Bertz CT molecular complexity index is 387. The Kier molecular flexibility index (Phi) is 3.76. The van der Waals surface area contributed by atoms with Crippen molar-refractivity contribution >= 4 is 11.8 Å². The predicted molar refractivity (Wildman–Crippen MR) is 73.6 cm³/mol. The highest BCUT2D eigenvalue weighted by atomic mass is 16.6. The van der Waals surface area contributed by atoms with Crippen molar-refractivity contribution in [2.45, 2.75) is 71.8 Å². The number of hydrogen-bond donors (Lipinski definition) is 0. The number of hydrogen-bond acceptors (Lipinski definition) is 3. The third-order valence-electron chi connectivity index (χ3n) is 5.47. The molecule has 1 spiro atoms. The largest absolute Gasteiger partial charge is 0.458 e. The molecule has 0 aliphatic heterocycles. The zero-order valence-corrected chi connectivity index (χ0v) is 12.6. The van der Waals surface area contributed by atoms with Crippen molar-refractivity contribution in [1.82, 2.24) is 0 Å². The fourth-order valence-electron chi connectivity index (χ4n) is 4.24. The van der Waals surface area contributed by atoms with Gasteiger partial charge in [-0.2, -0.15) is 0 Å². The Hall–Kier alpha value is -0.860. The lowest BCUT2D eigenvalue weighted by atomic mass is 9.60. The van der Waals surface area contributed by atoms with E-state index in [4.69, 9.17) is 4.74 Å². The molecule has 2 aliphatic carbocycles. The quantitative estimate of drug-likeness (QED) is 0.718. The number of carbonyl (C=O) groups excluding carboxylic acids is 2. The van der Waals surface area contributed by atoms with Gasteiger partial charge in [-0.15, -0.1) is 0 Å². The fourth-order valence-corrected chi connectivity index (χ4v) is 4.24. The number of ketones is 1. The van der Waals surface area contributed by atoms with Crippen molar-refractivity contribution < 1.29 is 14.3 Å². The minimum Gasteiger partial charge on any atom is -0.458 e. The standard InChI is InChI=1S/C16H26O3/c1-11(2)13-6-7-14(18)16(10-13)9-5-8-15(16,4)19-12(3)17/h11,13H,5-10H2,1-4H3/t13-,15+,16+/m1/s1. The van der Waals surface area contributed by atoms with E-state index < -0.39 is 11.0 Å². The molecular formula is C16H26O3. The maximum Gasteiger partial charge on any atom is 0.303 e. The number of carbonyl (C=O) groups is 2. The van der Waals surface area contributed by atoms with Crippen molar-refractivity contribution in [3.8, 4) is 0 Å². The first-order valence-corrected chi connectivity index (χ1v) is 7.54. The first kappa shape index (κ1) is 14.5. The molecule has 2 fully saturated rings. The van der Waals surface area contributed by atoms with Crippen molar-refractivity contribution in [3.63, 3.8) is 0 Å². The molecule has 3 atom stereocenters. The van der Waals surface area contributed by atoms with Crippen LogP contribution in [-0.2, 0) is 14.3 Å². The van der Waals surface area contributed by atoms with Crippen molar-refractivity contribution in [1.29, 1.82) is 0 Å². The van der Waals surface area contributed by atoms with Gasteiger partial charge in [0.25, 0.3) is 0 Å². The topological polar surface area (TPSA) is 43.4 Å². The van der Waals surface area contributed by atoms with Gasteiger partial charge in [0.15, 0.2) is 0 Å². The first-order valence-electron chi connectivity index (χ1n) is 7.54. The summed E-state index contributed by atoms with van der Waals surface area (Å²) in [5, 5.41) is 0. The van der Waals surface area contributed by atoms with Crippen LogP contribution >= 0.6 is 0 Å². The summed E-state index contributed by atoms with van der Waals surface area (Å²) < 4.78 is 5.63. The second-order valence-electron chi connectivity index (χ2n) is 6.93. The normalized spacial score (nSPS) is 39.0. The van der Waals surface area contributed by atoms with E-state index in [9.17, 15) is 9.59 Å². The Morgan fingerprint density at radius 2 is 2.05 bits per heavy atom. The Labute approximate surface area is 116 Å². The van der Waals surface area contributed by atoms with Gasteiger partial charge in [-0.3, -0.25) is 9.59 Å². The number of ether oxygens (including phenoxy) is 1. The second kappa shape index (κ2) is 4.92. The van der Waals surface area contributed by atoms with Crippen LogP contribution in [0, 0.1) is 17.3 Å². The van der Waals surface area contributed by atoms with E-state index in [1.807, 2.05) is 6.92 Å². The second-order valence-corrected chi connectivity index (χ2v) is 6.93. The van der Waals surface area contributed by atoms with E-state index in [0.29, 0.717) is 24.0 Å². The van der Waals surface area contributed by atoms with Crippen LogP contribution in [0.25, 0.3) is 0 Å². The van der Waals surface area contributed by atoms with Gasteiger partial charge in [0, 0.05) is 13.3 Å². The maximum atomic E-state index is 12.6. The van der Waals surface area contributed by atoms with Crippen LogP contribution in [0.15, 0.2) is 0 Å². The van der Waals surface area contributed by atoms with Gasteiger partial charge >= 0.3 is 5.97 Å². The van der Waals surface area contributed by atoms with Crippen LogP contribution in [0.3, 0.4) is 0 Å². The summed E-state index contributed by atoms with van der Waals surface area (Å²) >= 11 is 0. The molecule has 19 heavy (non-hydrogen) atoms. The van der Waals surface area contributed by atoms with Gasteiger partial charge in [0.2, 0.25) is 0 Å². The van der Waals surface area contributed by atoms with Gasteiger partial charge in [-0.05, 0) is 50.9 Å². The van der Waals surface area contributed by atoms with Gasteiger partial charge < -0.3 is 4.74 Å². The smallest absolute Gasteiger partial charge is 0.303 e. The van der Waals surface area contributed by atoms with E-state index in [0.717, 1.165) is 32.1 Å². The van der Waals surface area contributed by atoms with E-state index in [2.05, 4.69) is 13.8 Å². The minimum atomic E-state index is -0.580. The summed E-state index contributed by atoms with van der Waals surface area (Å²) in [7, 11) is 0. The third kappa shape index (κ3) is 2.32. The van der Waals surface area contributed by atoms with Gasteiger partial charge in [0.1, 0.15) is 11.4 Å². The minimum absolute atomic E-state index is 0.261. The zero-order chi connectivity index (χ0) is 14.3. The van der Waals surface area contributed by atoms with E-state index >= 15 is 0 Å². The highest BCUT2D eigenvalue weighted by Gasteiger charge is 2.60. The molecule has 2 rings (SSSR count). The van der Waals surface area contributed by atoms with Crippen molar-refractivity contribution in [2.24, 2.45) is 17.3 Å². The first-order chi connectivity index (χ1) is 8.81. The summed E-state index contributed by atoms with van der Waals surface area (Å²) in [6.45, 7) is 7.88. The molecule has 3 heteroatoms. The molecule has 2 aliphatic rings. The summed E-state index contributed by atoms with van der Waals surface area (Å²) in [5.74, 6) is 1.23. The molecule has 0 amide bonds. The van der Waals surface area contributed by atoms with Gasteiger partial charge in [0.05, 0.1) is 5.41 Å². The predicted octanol–water partition coefficient (Wildman–Crippen LogP) is 3.50. The zero-order valence-electron chi connectivity index (χ0n) is 12.6. The lowest BCUT2D eigenvalue weighted by Crippen LogP contribution is -2.53. The molecule has 2 saturated carbocycles. The van der Waals surface area contributed by atoms with Crippen molar-refractivity contribution in [2.75, 3.05) is 0 Å². The molecular weight excluding hydrogens is 240 g/mol. The average molecular weight is 266 g/mol. The van der Waals surface area contributed by atoms with Crippen LogP contribution in [0.2, 0.25) is 0 Å². The van der Waals surface area contributed by atoms with Crippen LogP contribution in [0.1, 0.15) is 66.2 Å². The molecule has 108 valence electrons. The number of Topliss-reactive ketones (excluding diaryl/α,β-unsaturated/α-hetero) is 1. The summed E-state index contributed by atoms with van der Waals surface area (Å²) in [5.41, 5.74) is -0.991. The monoisotopic (exact) mass is 266 g/mol. The van der Waals surface area contributed by atoms with Crippen LogP contribution < -0.4 is 0 Å². The molecule has 0 aromatic heterocycles. The molecule has 0 saturated heterocycles. The molecule has 0 N–H and O–H groups in total. The van der Waals surface area contributed by atoms with Crippen molar-refractivity contribution in [3.05, 3.63) is 0 Å². The fraction of sp³-hybridized carbons (Fsp3) is 0.875. The average Bonchev–Trinajstić information content (AvgIpc) is 2.59. The number of rotatable bonds is 2. The Balaban J connectivity index is 2.31. The summed E-state index contributed by atoms with van der Waals surface area (Å²) in [6, 6.07) is 0. The highest BCUT2D eigenvalue weighted by Crippen LogP contribution is 2.57. The van der Waals surface area contributed by atoms with Crippen LogP contribution in [0.4, 0.5) is 0 Å². The lowest BCUT2D eigenvalue weighted by molar-refractivity contribution is -0.176. The molecule has 0 aromatic rings. The molecule has 0 heterocycles. The van der Waals surface area contributed by atoms with Crippen LogP contribution in [-0.4, -0.2) is 17.4 Å². The highest BCUT2D eigenvalue weighted by molar-refractivity contribution is 5.87. The molecule has 0 radical (unpaired) electrons. The van der Waals surface area contributed by atoms with Gasteiger partial charge in [-0.1, -0.05) is 13.8 Å². The molecule has 0 bridgehead atoms. The maximum absolute atomic E-state index is 12.6. The van der Waals surface area contributed by atoms with E-state index in [-0.39, 0.29) is 5.97 Å². The van der Waals surface area contributed by atoms with Gasteiger partial charge in [-0.25, -0.2) is 0 Å². The van der Waals surface area contributed by atoms with E-state index in [1.54, 1.807) is 0 Å². The lowest BCUT2D eigenvalue weighted by Gasteiger charge is -2.47. The molecule has 0 aromatic carbocycles. The van der Waals surface area contributed by atoms with E-state index in [1.165, 1.54) is 6.92 Å². The molecule has 0 unspecified atom stereocenters. The number of esters is 1. The Morgan fingerprint density at radius 1 is 1.37 bits per heavy atom. The summed E-state index contributed by atoms with van der Waals surface area (Å²) in [6.07, 6.45) is 5.24. The summed E-state index contributed by atoms with van der Waals surface area (Å²) in [4.78, 5) is 24.0. The molecule has 3 nitrogen and oxygen atoms in total. The SMILES string of the molecule is CC(=O)O[C@@]1(C)CCC[C@@]12C[C@H](C(C)C)CCC2=O. The Morgan fingerprint density at radius 3 is 2.63 bits per heavy atom.